The van der Waals surface area contributed by atoms with Crippen molar-refractivity contribution in [3.63, 3.8) is 0 Å². The van der Waals surface area contributed by atoms with Gasteiger partial charge >= 0.3 is 5.97 Å². The van der Waals surface area contributed by atoms with Crippen LogP contribution in [0.4, 0.5) is 0 Å². The van der Waals surface area contributed by atoms with E-state index in [1.807, 2.05) is 6.92 Å². The highest BCUT2D eigenvalue weighted by atomic mass is 35.5. The Hall–Kier alpha value is -2.43. The Morgan fingerprint density at radius 3 is 2.62 bits per heavy atom. The van der Waals surface area contributed by atoms with Gasteiger partial charge in [0.25, 0.3) is 5.91 Å². The van der Waals surface area contributed by atoms with E-state index >= 15 is 0 Å². The molecule has 2 atom stereocenters. The molecule has 0 saturated carbocycles. The predicted octanol–water partition coefficient (Wildman–Crippen LogP) is 2.77. The number of aromatic nitrogens is 1. The number of carbonyl (C=O) groups is 2. The molecule has 1 aromatic heterocycles. The summed E-state index contributed by atoms with van der Waals surface area (Å²) in [6.45, 7) is 4.73. The summed E-state index contributed by atoms with van der Waals surface area (Å²) in [7, 11) is -3.85. The molecule has 0 bridgehead atoms. The molecule has 1 amide bonds. The highest BCUT2D eigenvalue weighted by molar-refractivity contribution is 7.89. The average Bonchev–Trinajstić information content (AvgIpc) is 3.11. The van der Waals surface area contributed by atoms with Crippen molar-refractivity contribution < 1.29 is 27.3 Å². The third kappa shape index (κ3) is 5.48. The van der Waals surface area contributed by atoms with Crippen molar-refractivity contribution in [2.45, 2.75) is 44.6 Å². The van der Waals surface area contributed by atoms with Crippen LogP contribution in [0, 0.1) is 19.8 Å². The summed E-state index contributed by atoms with van der Waals surface area (Å²) in [6, 6.07) is 6.77. The molecular weight excluding hydrogens is 458 g/mol. The largest absolute Gasteiger partial charge is 0.455 e. The number of hydrogen-bond acceptors (Lipinski definition) is 7. The number of nitrogens with zero attached hydrogens (tertiary/aromatic N) is 2. The Balaban J connectivity index is 1.55. The summed E-state index contributed by atoms with van der Waals surface area (Å²) in [5, 5.41) is 7.06. The molecule has 2 aromatic rings. The van der Waals surface area contributed by atoms with Crippen molar-refractivity contribution in [3.8, 4) is 0 Å². The lowest BCUT2D eigenvalue weighted by molar-refractivity contribution is -0.153. The van der Waals surface area contributed by atoms with E-state index in [9.17, 15) is 18.0 Å². The van der Waals surface area contributed by atoms with Gasteiger partial charge in [0, 0.05) is 18.1 Å². The van der Waals surface area contributed by atoms with Crippen LogP contribution in [0.5, 0.6) is 0 Å². The first kappa shape index (κ1) is 24.2. The molecule has 1 aliphatic rings. The van der Waals surface area contributed by atoms with Crippen LogP contribution in [0.3, 0.4) is 0 Å². The van der Waals surface area contributed by atoms with E-state index in [0.717, 1.165) is 5.56 Å². The number of piperidine rings is 1. The van der Waals surface area contributed by atoms with Gasteiger partial charge in [-0.05, 0) is 51.3 Å². The molecule has 32 heavy (non-hydrogen) atoms. The number of carbonyl (C=O) groups excluding carboxylic acids is 2. The third-order valence-electron chi connectivity index (χ3n) is 5.38. The standard InChI is InChI=1S/C21H26ClN3O6S/c1-13(16-6-8-18(22)9-7-16)23-19(26)12-30-21(27)17-5-4-10-25(11-17)32(28,29)20-14(2)24-31-15(20)3/h6-9,13,17H,4-5,10-12H2,1-3H3,(H,23,26). The average molecular weight is 484 g/mol. The minimum absolute atomic E-state index is 0.0198. The molecule has 11 heteroatoms. The van der Waals surface area contributed by atoms with Crippen LogP contribution in [-0.2, 0) is 24.3 Å². The van der Waals surface area contributed by atoms with Gasteiger partial charge in [0.15, 0.2) is 12.4 Å². The Labute approximate surface area is 192 Å². The molecule has 1 N–H and O–H groups in total. The molecule has 9 nitrogen and oxygen atoms in total. The molecule has 0 aliphatic carbocycles. The number of aryl methyl sites for hydroxylation is 2. The number of hydrogen-bond donors (Lipinski definition) is 1. The molecule has 1 aliphatic heterocycles. The van der Waals surface area contributed by atoms with E-state index in [2.05, 4.69) is 10.5 Å². The predicted molar refractivity (Wildman–Crippen MR) is 116 cm³/mol. The van der Waals surface area contributed by atoms with E-state index in [4.69, 9.17) is 20.9 Å². The molecule has 0 spiro atoms. The number of ether oxygens (including phenoxy) is 1. The summed E-state index contributed by atoms with van der Waals surface area (Å²) in [5.41, 5.74) is 1.14. The van der Waals surface area contributed by atoms with Gasteiger partial charge in [-0.25, -0.2) is 8.42 Å². The Bertz CT molecular complexity index is 1060. The van der Waals surface area contributed by atoms with Crippen molar-refractivity contribution in [3.05, 3.63) is 46.3 Å². The number of benzene rings is 1. The van der Waals surface area contributed by atoms with E-state index in [0.29, 0.717) is 17.9 Å². The first-order chi connectivity index (χ1) is 15.1. The molecule has 2 unspecified atom stereocenters. The molecule has 174 valence electrons. The van der Waals surface area contributed by atoms with Gasteiger partial charge in [-0.15, -0.1) is 0 Å². The van der Waals surface area contributed by atoms with Crippen LogP contribution in [0.25, 0.3) is 0 Å². The number of nitrogens with one attached hydrogen (secondary N) is 1. The van der Waals surface area contributed by atoms with Gasteiger partial charge in [-0.3, -0.25) is 9.59 Å². The summed E-state index contributed by atoms with van der Waals surface area (Å²) in [5.74, 6) is -1.49. The van der Waals surface area contributed by atoms with Crippen molar-refractivity contribution in [2.24, 2.45) is 5.92 Å². The third-order valence-corrected chi connectivity index (χ3v) is 7.74. The minimum Gasteiger partial charge on any atom is -0.455 e. The molecule has 1 fully saturated rings. The lowest BCUT2D eigenvalue weighted by Crippen LogP contribution is -2.43. The fourth-order valence-corrected chi connectivity index (χ4v) is 5.64. The van der Waals surface area contributed by atoms with Gasteiger partial charge in [-0.1, -0.05) is 28.9 Å². The van der Waals surface area contributed by atoms with E-state index in [1.165, 1.54) is 11.2 Å². The highest BCUT2D eigenvalue weighted by Gasteiger charge is 2.37. The zero-order valence-electron chi connectivity index (χ0n) is 18.1. The van der Waals surface area contributed by atoms with Gasteiger partial charge < -0.3 is 14.6 Å². The molecular formula is C21H26ClN3O6S. The number of amides is 1. The topological polar surface area (TPSA) is 119 Å². The molecule has 3 rings (SSSR count). The van der Waals surface area contributed by atoms with Crippen molar-refractivity contribution in [2.75, 3.05) is 19.7 Å². The smallest absolute Gasteiger partial charge is 0.310 e. The lowest BCUT2D eigenvalue weighted by atomic mass is 10.00. The van der Waals surface area contributed by atoms with Crippen LogP contribution >= 0.6 is 11.6 Å². The van der Waals surface area contributed by atoms with E-state index in [-0.39, 0.29) is 35.5 Å². The maximum atomic E-state index is 13.0. The molecule has 1 aromatic carbocycles. The number of halogens is 1. The zero-order chi connectivity index (χ0) is 23.5. The number of esters is 1. The molecule has 2 heterocycles. The summed E-state index contributed by atoms with van der Waals surface area (Å²) >= 11 is 5.87. The molecule has 0 radical (unpaired) electrons. The van der Waals surface area contributed by atoms with Crippen LogP contribution in [0.2, 0.25) is 5.02 Å². The number of sulfonamides is 1. The SMILES string of the molecule is Cc1noc(C)c1S(=O)(=O)N1CCCC(C(=O)OCC(=O)NC(C)c2ccc(Cl)cc2)C1. The Kier molecular flexibility index (Phi) is 7.58. The molecule has 1 saturated heterocycles. The van der Waals surface area contributed by atoms with Gasteiger partial charge in [0.1, 0.15) is 10.6 Å². The fraction of sp³-hybridized carbons (Fsp3) is 0.476. The first-order valence-electron chi connectivity index (χ1n) is 10.2. The van der Waals surface area contributed by atoms with Crippen LogP contribution < -0.4 is 5.32 Å². The normalized spacial score (nSPS) is 18.2. The Morgan fingerprint density at radius 1 is 1.31 bits per heavy atom. The summed E-state index contributed by atoms with van der Waals surface area (Å²) < 4.78 is 37.4. The minimum atomic E-state index is -3.85. The maximum Gasteiger partial charge on any atom is 0.310 e. The summed E-state index contributed by atoms with van der Waals surface area (Å²) in [6.07, 6.45) is 0.984. The maximum absolute atomic E-state index is 13.0. The van der Waals surface area contributed by atoms with Gasteiger partial charge in [0.05, 0.1) is 12.0 Å². The van der Waals surface area contributed by atoms with Crippen molar-refractivity contribution in [1.29, 1.82) is 0 Å². The van der Waals surface area contributed by atoms with Crippen LogP contribution in [0.15, 0.2) is 33.7 Å². The zero-order valence-corrected chi connectivity index (χ0v) is 19.7. The fourth-order valence-electron chi connectivity index (χ4n) is 3.70. The first-order valence-corrected chi connectivity index (χ1v) is 12.1. The summed E-state index contributed by atoms with van der Waals surface area (Å²) in [4.78, 5) is 24.7. The van der Waals surface area contributed by atoms with E-state index in [1.54, 1.807) is 31.2 Å². The second-order valence-electron chi connectivity index (χ2n) is 7.80. The van der Waals surface area contributed by atoms with E-state index < -0.39 is 34.4 Å². The van der Waals surface area contributed by atoms with Crippen LogP contribution in [-0.4, -0.2) is 49.5 Å². The number of rotatable bonds is 7. The Morgan fingerprint density at radius 2 is 2.00 bits per heavy atom. The second-order valence-corrected chi connectivity index (χ2v) is 10.1. The van der Waals surface area contributed by atoms with Crippen molar-refractivity contribution >= 4 is 33.5 Å². The van der Waals surface area contributed by atoms with Crippen LogP contribution in [0.1, 0.15) is 42.8 Å². The highest BCUT2D eigenvalue weighted by Crippen LogP contribution is 2.28. The second kappa shape index (κ2) is 10.0. The quantitative estimate of drug-likeness (QED) is 0.601. The monoisotopic (exact) mass is 483 g/mol. The van der Waals surface area contributed by atoms with Gasteiger partial charge in [-0.2, -0.15) is 4.31 Å². The van der Waals surface area contributed by atoms with Crippen molar-refractivity contribution in [1.82, 2.24) is 14.8 Å². The van der Waals surface area contributed by atoms with Gasteiger partial charge in [0.2, 0.25) is 10.0 Å². The lowest BCUT2D eigenvalue weighted by Gasteiger charge is -2.30.